The van der Waals surface area contributed by atoms with E-state index in [0.29, 0.717) is 11.1 Å². The summed E-state index contributed by atoms with van der Waals surface area (Å²) in [6.07, 6.45) is -8.95. The van der Waals surface area contributed by atoms with Crippen molar-refractivity contribution in [1.82, 2.24) is 0 Å². The van der Waals surface area contributed by atoms with Crippen LogP contribution in [-0.2, 0) is 12.4 Å². The monoisotopic (exact) mass is 333 g/mol. The number of benzene rings is 2. The summed E-state index contributed by atoms with van der Waals surface area (Å²) in [5, 5.41) is 0. The zero-order valence-electron chi connectivity index (χ0n) is 12.3. The van der Waals surface area contributed by atoms with Gasteiger partial charge in [-0.1, -0.05) is 18.2 Å². The summed E-state index contributed by atoms with van der Waals surface area (Å²) < 4.78 is 76.6. The Balaban J connectivity index is 2.47. The number of hydrogen-bond acceptors (Lipinski definition) is 1. The predicted molar refractivity (Wildman–Crippen MR) is 76.2 cm³/mol. The zero-order chi connectivity index (χ0) is 17.4. The number of alkyl halides is 6. The second kappa shape index (κ2) is 5.79. The van der Waals surface area contributed by atoms with Gasteiger partial charge in [0.05, 0.1) is 11.1 Å². The summed E-state index contributed by atoms with van der Waals surface area (Å²) in [6.45, 7) is 0. The highest BCUT2D eigenvalue weighted by Gasteiger charge is 2.34. The number of anilines is 1. The van der Waals surface area contributed by atoms with E-state index >= 15 is 0 Å². The van der Waals surface area contributed by atoms with Gasteiger partial charge < -0.3 is 4.90 Å². The Morgan fingerprint density at radius 1 is 0.696 bits per heavy atom. The smallest absolute Gasteiger partial charge is 0.377 e. The summed E-state index contributed by atoms with van der Waals surface area (Å²) in [5.41, 5.74) is -0.820. The van der Waals surface area contributed by atoms with Gasteiger partial charge in [-0.3, -0.25) is 0 Å². The van der Waals surface area contributed by atoms with Gasteiger partial charge in [-0.15, -0.1) is 0 Å². The van der Waals surface area contributed by atoms with Crippen molar-refractivity contribution < 1.29 is 26.3 Å². The van der Waals surface area contributed by atoms with Crippen molar-refractivity contribution in [3.8, 4) is 11.1 Å². The van der Waals surface area contributed by atoms with Crippen LogP contribution < -0.4 is 4.90 Å². The molecule has 0 N–H and O–H groups in total. The van der Waals surface area contributed by atoms with E-state index in [2.05, 4.69) is 0 Å². The van der Waals surface area contributed by atoms with Crippen LogP contribution in [0.3, 0.4) is 0 Å². The van der Waals surface area contributed by atoms with Crippen LogP contribution in [0.4, 0.5) is 32.0 Å². The second-order valence-corrected chi connectivity index (χ2v) is 5.20. The Labute approximate surface area is 129 Å². The van der Waals surface area contributed by atoms with Crippen LogP contribution in [0.15, 0.2) is 42.5 Å². The lowest BCUT2D eigenvalue weighted by Crippen LogP contribution is -2.16. The molecule has 0 radical (unpaired) electrons. The van der Waals surface area contributed by atoms with E-state index < -0.39 is 23.5 Å². The van der Waals surface area contributed by atoms with Gasteiger partial charge in [0, 0.05) is 19.8 Å². The van der Waals surface area contributed by atoms with E-state index in [4.69, 9.17) is 0 Å². The van der Waals surface area contributed by atoms with Crippen LogP contribution in [0.1, 0.15) is 11.1 Å². The minimum absolute atomic E-state index is 0.0464. The van der Waals surface area contributed by atoms with E-state index in [9.17, 15) is 26.3 Å². The second-order valence-electron chi connectivity index (χ2n) is 5.20. The molecular weight excluding hydrogens is 320 g/mol. The minimum atomic E-state index is -4.50. The molecule has 0 aliphatic carbocycles. The first-order valence-electron chi connectivity index (χ1n) is 6.56. The van der Waals surface area contributed by atoms with E-state index in [1.54, 1.807) is 0 Å². The molecule has 2 aromatic rings. The van der Waals surface area contributed by atoms with Crippen molar-refractivity contribution in [1.29, 1.82) is 0 Å². The number of halogens is 6. The summed E-state index contributed by atoms with van der Waals surface area (Å²) >= 11 is 0. The highest BCUT2D eigenvalue weighted by atomic mass is 19.4. The molecule has 0 atom stereocenters. The molecule has 0 heterocycles. The Morgan fingerprint density at radius 2 is 1.22 bits per heavy atom. The number of hydrogen-bond donors (Lipinski definition) is 0. The predicted octanol–water partition coefficient (Wildman–Crippen LogP) is 5.46. The summed E-state index contributed by atoms with van der Waals surface area (Å²) in [5.74, 6) is 0. The first kappa shape index (κ1) is 17.2. The third-order valence-corrected chi connectivity index (χ3v) is 3.33. The summed E-state index contributed by atoms with van der Waals surface area (Å²) in [7, 11) is 2.95. The summed E-state index contributed by atoms with van der Waals surface area (Å²) in [4.78, 5) is 1.32. The molecule has 0 aromatic heterocycles. The highest BCUT2D eigenvalue weighted by molar-refractivity contribution is 5.71. The van der Waals surface area contributed by atoms with E-state index in [0.717, 1.165) is 18.2 Å². The quantitative estimate of drug-likeness (QED) is 0.660. The van der Waals surface area contributed by atoms with E-state index in [1.165, 1.54) is 43.3 Å². The van der Waals surface area contributed by atoms with Gasteiger partial charge in [0.1, 0.15) is 0 Å². The van der Waals surface area contributed by atoms with Crippen molar-refractivity contribution in [2.24, 2.45) is 0 Å². The molecule has 0 saturated heterocycles. The van der Waals surface area contributed by atoms with Crippen LogP contribution in [0.5, 0.6) is 0 Å². The van der Waals surface area contributed by atoms with Crippen molar-refractivity contribution in [3.05, 3.63) is 53.6 Å². The van der Waals surface area contributed by atoms with Crippen LogP contribution in [0, 0.1) is 0 Å². The Morgan fingerprint density at radius 3 is 1.65 bits per heavy atom. The minimum Gasteiger partial charge on any atom is -0.377 e. The van der Waals surface area contributed by atoms with Crippen LogP contribution >= 0.6 is 0 Å². The molecule has 2 rings (SSSR count). The third kappa shape index (κ3) is 3.78. The van der Waals surface area contributed by atoms with Crippen molar-refractivity contribution in [2.45, 2.75) is 12.4 Å². The lowest BCUT2D eigenvalue weighted by atomic mass is 10.0. The third-order valence-electron chi connectivity index (χ3n) is 3.33. The topological polar surface area (TPSA) is 3.24 Å². The normalized spacial score (nSPS) is 12.3. The average molecular weight is 333 g/mol. The fraction of sp³-hybridized carbons (Fsp3) is 0.250. The maximum Gasteiger partial charge on any atom is 0.418 e. The van der Waals surface area contributed by atoms with Crippen LogP contribution in [-0.4, -0.2) is 14.1 Å². The van der Waals surface area contributed by atoms with Gasteiger partial charge in [0.2, 0.25) is 0 Å². The standard InChI is InChI=1S/C16H13F6N/c1-23(2)14-9-11(5-8-13(14)16(20,21)22)10-3-6-12(7-4-10)15(17,18)19/h3-9H,1-2H3. The van der Waals surface area contributed by atoms with Crippen molar-refractivity contribution in [2.75, 3.05) is 19.0 Å². The Hall–Kier alpha value is -2.18. The van der Waals surface area contributed by atoms with E-state index in [1.807, 2.05) is 0 Å². The molecule has 124 valence electrons. The Bertz CT molecular complexity index is 683. The molecule has 0 aliphatic heterocycles. The molecule has 7 heteroatoms. The molecule has 0 unspecified atom stereocenters. The van der Waals surface area contributed by atoms with Crippen molar-refractivity contribution >= 4 is 5.69 Å². The number of nitrogens with zero attached hydrogens (tertiary/aromatic N) is 1. The molecule has 2 aromatic carbocycles. The number of rotatable bonds is 2. The summed E-state index contributed by atoms with van der Waals surface area (Å²) in [6, 6.07) is 7.78. The molecule has 0 spiro atoms. The van der Waals surface area contributed by atoms with Crippen LogP contribution in [0.25, 0.3) is 11.1 Å². The lowest BCUT2D eigenvalue weighted by molar-refractivity contribution is -0.138. The van der Waals surface area contributed by atoms with Gasteiger partial charge in [-0.2, -0.15) is 26.3 Å². The maximum absolute atomic E-state index is 13.0. The SMILES string of the molecule is CN(C)c1cc(-c2ccc(C(F)(F)F)cc2)ccc1C(F)(F)F. The van der Waals surface area contributed by atoms with Gasteiger partial charge in [0.15, 0.2) is 0 Å². The molecule has 0 amide bonds. The molecule has 0 saturated carbocycles. The Kier molecular flexibility index (Phi) is 4.32. The van der Waals surface area contributed by atoms with Crippen LogP contribution in [0.2, 0.25) is 0 Å². The van der Waals surface area contributed by atoms with Gasteiger partial charge in [-0.05, 0) is 35.4 Å². The molecule has 1 nitrogen and oxygen atoms in total. The van der Waals surface area contributed by atoms with Gasteiger partial charge in [0.25, 0.3) is 0 Å². The first-order chi connectivity index (χ1) is 10.5. The fourth-order valence-electron chi connectivity index (χ4n) is 2.17. The van der Waals surface area contributed by atoms with Crippen molar-refractivity contribution in [3.63, 3.8) is 0 Å². The molecule has 0 fully saturated rings. The van der Waals surface area contributed by atoms with Gasteiger partial charge in [-0.25, -0.2) is 0 Å². The fourth-order valence-corrected chi connectivity index (χ4v) is 2.17. The molecule has 23 heavy (non-hydrogen) atoms. The first-order valence-corrected chi connectivity index (χ1v) is 6.56. The zero-order valence-corrected chi connectivity index (χ0v) is 12.3. The molecule has 0 aliphatic rings. The highest BCUT2D eigenvalue weighted by Crippen LogP contribution is 2.38. The van der Waals surface area contributed by atoms with Gasteiger partial charge >= 0.3 is 12.4 Å². The molecular formula is C16H13F6N. The van der Waals surface area contributed by atoms with E-state index in [-0.39, 0.29) is 5.69 Å². The lowest BCUT2D eigenvalue weighted by Gasteiger charge is -2.20. The largest absolute Gasteiger partial charge is 0.418 e. The molecule has 0 bridgehead atoms. The average Bonchev–Trinajstić information content (AvgIpc) is 2.45. The maximum atomic E-state index is 13.0.